The van der Waals surface area contributed by atoms with Gasteiger partial charge < -0.3 is 5.11 Å². The van der Waals surface area contributed by atoms with Crippen LogP contribution in [0, 0.1) is 0 Å². The first-order valence-corrected chi connectivity index (χ1v) is 7.78. The van der Waals surface area contributed by atoms with Crippen molar-refractivity contribution in [3.05, 3.63) is 71.5 Å². The van der Waals surface area contributed by atoms with Gasteiger partial charge in [0, 0.05) is 0 Å². The van der Waals surface area contributed by atoms with E-state index in [0.29, 0.717) is 11.3 Å². The van der Waals surface area contributed by atoms with Crippen molar-refractivity contribution >= 4 is 23.1 Å². The third kappa shape index (κ3) is 2.60. The lowest BCUT2D eigenvalue weighted by Gasteiger charge is -2.21. The van der Waals surface area contributed by atoms with Gasteiger partial charge in [-0.1, -0.05) is 63.2 Å². The van der Waals surface area contributed by atoms with E-state index in [-0.39, 0.29) is 11.0 Å². The zero-order chi connectivity index (χ0) is 17.5. The average Bonchev–Trinajstić information content (AvgIpc) is 2.77. The summed E-state index contributed by atoms with van der Waals surface area (Å²) < 4.78 is 0. The number of carbonyl (C=O) groups excluding carboxylic acids is 2. The lowest BCUT2D eigenvalue weighted by Crippen LogP contribution is -2.31. The molecule has 2 aromatic rings. The summed E-state index contributed by atoms with van der Waals surface area (Å²) in [4.78, 5) is 26.1. The van der Waals surface area contributed by atoms with Crippen molar-refractivity contribution < 1.29 is 14.7 Å². The van der Waals surface area contributed by atoms with Crippen LogP contribution in [0.2, 0.25) is 0 Å². The van der Waals surface area contributed by atoms with Crippen molar-refractivity contribution in [1.29, 1.82) is 0 Å². The smallest absolute Gasteiger partial charge is 0.301 e. The molecule has 0 saturated carbocycles. The molecule has 0 aromatic heterocycles. The molecule has 0 radical (unpaired) electrons. The number of aliphatic hydroxyl groups excluding tert-OH is 1. The number of hydrogen-bond donors (Lipinski definition) is 1. The lowest BCUT2D eigenvalue weighted by atomic mass is 9.87. The molecule has 4 heteroatoms. The second-order valence-corrected chi connectivity index (χ2v) is 6.83. The summed E-state index contributed by atoms with van der Waals surface area (Å²) in [7, 11) is 0. The Balaban J connectivity index is 1.98. The van der Waals surface area contributed by atoms with E-state index in [1.165, 1.54) is 0 Å². The Labute approximate surface area is 141 Å². The molecule has 4 nitrogen and oxygen atoms in total. The van der Waals surface area contributed by atoms with E-state index in [2.05, 4.69) is 20.8 Å². The molecule has 1 aliphatic rings. The molecule has 24 heavy (non-hydrogen) atoms. The van der Waals surface area contributed by atoms with Crippen molar-refractivity contribution in [3.63, 3.8) is 0 Å². The largest absolute Gasteiger partial charge is 0.502 e. The summed E-state index contributed by atoms with van der Waals surface area (Å²) >= 11 is 0. The van der Waals surface area contributed by atoms with Crippen molar-refractivity contribution in [2.24, 2.45) is 0 Å². The quantitative estimate of drug-likeness (QED) is 0.855. The highest BCUT2D eigenvalue weighted by molar-refractivity contribution is 6.44. The van der Waals surface area contributed by atoms with Gasteiger partial charge in [0.15, 0.2) is 5.76 Å². The molecule has 1 N–H and O–H groups in total. The van der Waals surface area contributed by atoms with E-state index in [1.807, 2.05) is 18.2 Å². The molecular formula is C20H19NO3. The number of rotatable bonds is 2. The second kappa shape index (κ2) is 5.64. The SMILES string of the molecule is CC(C)(C)c1ccc(N2C(=O)C(O)=C(c3ccccc3)C2=O)cc1. The van der Waals surface area contributed by atoms with Crippen molar-refractivity contribution in [3.8, 4) is 0 Å². The van der Waals surface area contributed by atoms with E-state index < -0.39 is 17.6 Å². The summed E-state index contributed by atoms with van der Waals surface area (Å²) in [5.41, 5.74) is 2.11. The Morgan fingerprint density at radius 1 is 0.833 bits per heavy atom. The molecule has 2 aromatic carbocycles. The van der Waals surface area contributed by atoms with Crippen LogP contribution in [0.5, 0.6) is 0 Å². The van der Waals surface area contributed by atoms with Gasteiger partial charge in [0.1, 0.15) is 0 Å². The number of aliphatic hydroxyl groups is 1. The van der Waals surface area contributed by atoms with E-state index in [9.17, 15) is 14.7 Å². The topological polar surface area (TPSA) is 57.6 Å². The molecule has 0 saturated heterocycles. The van der Waals surface area contributed by atoms with Gasteiger partial charge in [0.25, 0.3) is 5.91 Å². The molecule has 2 amide bonds. The van der Waals surface area contributed by atoms with Gasteiger partial charge in [-0.2, -0.15) is 0 Å². The maximum Gasteiger partial charge on any atom is 0.301 e. The maximum atomic E-state index is 12.7. The van der Waals surface area contributed by atoms with Crippen LogP contribution in [0.25, 0.3) is 5.57 Å². The van der Waals surface area contributed by atoms with Crippen LogP contribution in [0.3, 0.4) is 0 Å². The first-order valence-electron chi connectivity index (χ1n) is 7.78. The van der Waals surface area contributed by atoms with Crippen LogP contribution in [-0.4, -0.2) is 16.9 Å². The highest BCUT2D eigenvalue weighted by Crippen LogP contribution is 2.33. The van der Waals surface area contributed by atoms with E-state index in [4.69, 9.17) is 0 Å². The summed E-state index contributed by atoms with van der Waals surface area (Å²) in [6.07, 6.45) is 0. The normalized spacial score (nSPS) is 15.4. The third-order valence-electron chi connectivity index (χ3n) is 4.11. The van der Waals surface area contributed by atoms with Crippen molar-refractivity contribution in [2.75, 3.05) is 4.90 Å². The molecule has 0 unspecified atom stereocenters. The Kier molecular flexibility index (Phi) is 3.76. The molecule has 0 aliphatic carbocycles. The Bertz CT molecular complexity index is 827. The van der Waals surface area contributed by atoms with Crippen molar-refractivity contribution in [2.45, 2.75) is 26.2 Å². The molecule has 1 heterocycles. The highest BCUT2D eigenvalue weighted by atomic mass is 16.3. The number of nitrogens with zero attached hydrogens (tertiary/aromatic N) is 1. The van der Waals surface area contributed by atoms with E-state index in [1.54, 1.807) is 36.4 Å². The predicted octanol–water partition coefficient (Wildman–Crippen LogP) is 3.83. The monoisotopic (exact) mass is 321 g/mol. The number of carbonyl (C=O) groups is 2. The van der Waals surface area contributed by atoms with E-state index in [0.717, 1.165) is 10.5 Å². The highest BCUT2D eigenvalue weighted by Gasteiger charge is 2.40. The van der Waals surface area contributed by atoms with Gasteiger partial charge in [0.2, 0.25) is 0 Å². The fraction of sp³-hybridized carbons (Fsp3) is 0.200. The maximum absolute atomic E-state index is 12.7. The van der Waals surface area contributed by atoms with Gasteiger partial charge in [0.05, 0.1) is 11.3 Å². The Hall–Kier alpha value is -2.88. The minimum Gasteiger partial charge on any atom is -0.502 e. The number of hydrogen-bond acceptors (Lipinski definition) is 3. The zero-order valence-corrected chi connectivity index (χ0v) is 13.9. The van der Waals surface area contributed by atoms with E-state index >= 15 is 0 Å². The first-order chi connectivity index (χ1) is 11.3. The molecule has 3 rings (SSSR count). The molecule has 1 aliphatic heterocycles. The number of amides is 2. The second-order valence-electron chi connectivity index (χ2n) is 6.83. The van der Waals surface area contributed by atoms with Crippen molar-refractivity contribution in [1.82, 2.24) is 0 Å². The van der Waals surface area contributed by atoms with Gasteiger partial charge in [-0.05, 0) is 28.7 Å². The van der Waals surface area contributed by atoms with Crippen LogP contribution >= 0.6 is 0 Å². The summed E-state index contributed by atoms with van der Waals surface area (Å²) in [5, 5.41) is 10.2. The molecule has 122 valence electrons. The van der Waals surface area contributed by atoms with Gasteiger partial charge in [-0.15, -0.1) is 0 Å². The van der Waals surface area contributed by atoms with Crippen LogP contribution in [0.15, 0.2) is 60.4 Å². The first kappa shape index (κ1) is 16.0. The van der Waals surface area contributed by atoms with Crippen LogP contribution in [0.4, 0.5) is 5.69 Å². The summed E-state index contributed by atoms with van der Waals surface area (Å²) in [6.45, 7) is 6.28. The number of imide groups is 1. The lowest BCUT2D eigenvalue weighted by molar-refractivity contribution is -0.121. The van der Waals surface area contributed by atoms with Crippen LogP contribution < -0.4 is 4.90 Å². The van der Waals surface area contributed by atoms with Gasteiger partial charge in [-0.25, -0.2) is 4.90 Å². The average molecular weight is 321 g/mol. The summed E-state index contributed by atoms with van der Waals surface area (Å²) in [6, 6.07) is 16.0. The Morgan fingerprint density at radius 3 is 1.96 bits per heavy atom. The number of anilines is 1. The summed E-state index contributed by atoms with van der Waals surface area (Å²) in [5.74, 6) is -1.71. The minimum atomic E-state index is -0.692. The number of benzene rings is 2. The predicted molar refractivity (Wildman–Crippen MR) is 93.6 cm³/mol. The van der Waals surface area contributed by atoms with Crippen LogP contribution in [-0.2, 0) is 15.0 Å². The van der Waals surface area contributed by atoms with Gasteiger partial charge in [-0.3, -0.25) is 9.59 Å². The zero-order valence-electron chi connectivity index (χ0n) is 13.9. The van der Waals surface area contributed by atoms with Crippen LogP contribution in [0.1, 0.15) is 31.9 Å². The molecular weight excluding hydrogens is 302 g/mol. The van der Waals surface area contributed by atoms with Gasteiger partial charge >= 0.3 is 5.91 Å². The molecule has 0 spiro atoms. The third-order valence-corrected chi connectivity index (χ3v) is 4.11. The molecule has 0 atom stereocenters. The standard InChI is InChI=1S/C20H19NO3/c1-20(2,3)14-9-11-15(12-10-14)21-18(23)16(17(22)19(21)24)13-7-5-4-6-8-13/h4-12,22H,1-3H3. The molecule has 0 fully saturated rings. The molecule has 0 bridgehead atoms. The Morgan fingerprint density at radius 2 is 1.42 bits per heavy atom. The minimum absolute atomic E-state index is 0.0207. The fourth-order valence-electron chi connectivity index (χ4n) is 2.73. The fourth-order valence-corrected chi connectivity index (χ4v) is 2.73.